The number of thiophene rings is 1. The fourth-order valence-electron chi connectivity index (χ4n) is 11.4. The Morgan fingerprint density at radius 1 is 0.512 bits per heavy atom. The summed E-state index contributed by atoms with van der Waals surface area (Å²) in [5, 5.41) is 1.90. The number of carbonyl (C=O) groups excluding carboxylic acids is 3. The number of nitrogens with zero attached hydrogens (tertiary/aromatic N) is 9. The van der Waals surface area contributed by atoms with Crippen molar-refractivity contribution in [3.8, 4) is 33.7 Å². The lowest BCUT2D eigenvalue weighted by atomic mass is 10.0. The van der Waals surface area contributed by atoms with Crippen LogP contribution < -0.4 is 0 Å². The van der Waals surface area contributed by atoms with Gasteiger partial charge in [0.2, 0.25) is 17.7 Å². The van der Waals surface area contributed by atoms with Gasteiger partial charge in [-0.1, -0.05) is 46.1 Å². The minimum absolute atomic E-state index is 0.0533. The maximum Gasteiger partial charge on any atom is 0.416 e. The molecule has 9 heterocycles. The van der Waals surface area contributed by atoms with Gasteiger partial charge in [0.05, 0.1) is 92.8 Å². The van der Waals surface area contributed by atoms with E-state index in [4.69, 9.17) is 8.83 Å². The summed E-state index contributed by atoms with van der Waals surface area (Å²) in [5.74, 6) is 3.11. The Morgan fingerprint density at radius 3 is 1.30 bits per heavy atom. The lowest BCUT2D eigenvalue weighted by Gasteiger charge is -2.19. The van der Waals surface area contributed by atoms with E-state index in [1.54, 1.807) is 42.0 Å². The zero-order valence-corrected chi connectivity index (χ0v) is 46.9. The first-order valence-corrected chi connectivity index (χ1v) is 28.6. The highest BCUT2D eigenvalue weighted by molar-refractivity contribution is 7.13. The average molecular weight is 1190 g/mol. The van der Waals surface area contributed by atoms with Crippen LogP contribution in [-0.2, 0) is 52.9 Å². The third-order valence-electron chi connectivity index (χ3n) is 15.4. The van der Waals surface area contributed by atoms with Crippen molar-refractivity contribution in [2.24, 2.45) is 17.8 Å². The molecule has 14 nitrogen and oxygen atoms in total. The Kier molecular flexibility index (Phi) is 17.2. The number of benzene rings is 3. The van der Waals surface area contributed by atoms with Crippen molar-refractivity contribution in [3.05, 3.63) is 126 Å². The third-order valence-corrected chi connectivity index (χ3v) is 16.3. The number of rotatable bonds is 15. The molecule has 84 heavy (non-hydrogen) atoms. The second-order valence-electron chi connectivity index (χ2n) is 21.5. The van der Waals surface area contributed by atoms with Gasteiger partial charge in [0.25, 0.3) is 0 Å². The number of imidazole rings is 3. The van der Waals surface area contributed by atoms with E-state index in [9.17, 15) is 53.9 Å². The first-order valence-electron chi connectivity index (χ1n) is 27.8. The van der Waals surface area contributed by atoms with Gasteiger partial charge in [0.1, 0.15) is 12.1 Å². The Balaban J connectivity index is 0.000000140. The first-order chi connectivity index (χ1) is 40.1. The molecule has 9 aromatic rings. The topological polar surface area (TPSA) is 141 Å². The maximum absolute atomic E-state index is 13.1. The highest BCUT2D eigenvalue weighted by atomic mass is 32.1. The number of hydrogen-bond acceptors (Lipinski definition) is 9. The summed E-state index contributed by atoms with van der Waals surface area (Å²) >= 11 is 1.47. The smallest absolute Gasteiger partial charge is 0.416 e. The molecule has 0 saturated carbocycles. The quantitative estimate of drug-likeness (QED) is 0.0924. The molecular weight excluding hydrogens is 1130 g/mol. The second-order valence-corrected chi connectivity index (χ2v) is 22.5. The number of carbonyl (C=O) groups is 3. The fraction of sp³-hybridized carbons (Fsp3) is 0.400. The number of aromatic nitrogens is 6. The van der Waals surface area contributed by atoms with E-state index >= 15 is 0 Å². The van der Waals surface area contributed by atoms with Crippen LogP contribution in [0.2, 0.25) is 0 Å². The van der Waals surface area contributed by atoms with Crippen LogP contribution in [0.25, 0.3) is 66.8 Å². The van der Waals surface area contributed by atoms with Crippen LogP contribution in [0.4, 0.5) is 39.5 Å². The number of fused-ring (bicyclic) bond motifs is 3. The van der Waals surface area contributed by atoms with Crippen molar-refractivity contribution < 1.29 is 62.7 Å². The molecule has 3 aromatic carbocycles. The molecular formula is C60H60F9N9O5S. The van der Waals surface area contributed by atoms with Crippen molar-refractivity contribution in [1.82, 2.24) is 43.4 Å². The largest absolute Gasteiger partial charge is 0.472 e. The van der Waals surface area contributed by atoms with Crippen molar-refractivity contribution >= 4 is 62.2 Å². The van der Waals surface area contributed by atoms with E-state index in [1.807, 2.05) is 22.1 Å². The zero-order valence-electron chi connectivity index (χ0n) is 46.1. The second kappa shape index (κ2) is 24.4. The lowest BCUT2D eigenvalue weighted by molar-refractivity contribution is -0.138. The normalized spacial score (nSPS) is 17.8. The molecule has 6 aromatic heterocycles. The first kappa shape index (κ1) is 59.3. The Bertz CT molecular complexity index is 3370. The van der Waals surface area contributed by atoms with E-state index in [0.29, 0.717) is 109 Å². The maximum atomic E-state index is 13.1. The van der Waals surface area contributed by atoms with Crippen LogP contribution in [0, 0.1) is 17.8 Å². The van der Waals surface area contributed by atoms with Crippen LogP contribution in [0.15, 0.2) is 118 Å². The molecule has 444 valence electrons. The Morgan fingerprint density at radius 2 is 0.929 bits per heavy atom. The van der Waals surface area contributed by atoms with Gasteiger partial charge < -0.3 is 37.2 Å². The summed E-state index contributed by atoms with van der Waals surface area (Å²) in [6, 6.07) is 19.4. The fourth-order valence-corrected chi connectivity index (χ4v) is 12.2. The number of hydrogen-bond donors (Lipinski definition) is 0. The molecule has 0 bridgehead atoms. The minimum atomic E-state index is -4.44. The summed E-state index contributed by atoms with van der Waals surface area (Å²) in [5.41, 5.74) is 0.865. The molecule has 0 aliphatic carbocycles. The number of halogens is 9. The highest BCUT2D eigenvalue weighted by Gasteiger charge is 2.37. The van der Waals surface area contributed by atoms with Crippen molar-refractivity contribution in [1.29, 1.82) is 0 Å². The van der Waals surface area contributed by atoms with Crippen molar-refractivity contribution in [2.75, 3.05) is 19.6 Å². The lowest BCUT2D eigenvalue weighted by Crippen LogP contribution is -2.28. The van der Waals surface area contributed by atoms with Crippen molar-refractivity contribution in [3.63, 3.8) is 0 Å². The van der Waals surface area contributed by atoms with E-state index in [-0.39, 0.29) is 47.6 Å². The minimum Gasteiger partial charge on any atom is -0.472 e. The monoisotopic (exact) mass is 1190 g/mol. The van der Waals surface area contributed by atoms with Crippen molar-refractivity contribution in [2.45, 2.75) is 117 Å². The Hall–Kier alpha value is -7.89. The van der Waals surface area contributed by atoms with Gasteiger partial charge in [0, 0.05) is 38.9 Å². The van der Waals surface area contributed by atoms with E-state index in [1.165, 1.54) is 48.3 Å². The number of likely N-dealkylation sites (tertiary alicyclic amines) is 3. The van der Waals surface area contributed by atoms with Gasteiger partial charge in [-0.15, -0.1) is 11.3 Å². The van der Waals surface area contributed by atoms with Gasteiger partial charge in [-0.3, -0.25) is 14.4 Å². The van der Waals surface area contributed by atoms with Crippen LogP contribution in [0.3, 0.4) is 0 Å². The molecule has 3 unspecified atom stereocenters. The standard InChI is InChI=1S/2C20H20F3N3O2.C20H20F3N3OS/c1-2-4-13-9-18(27)25(11-13)12-26-16-7-6-14(20(21,22)23)10-15(16)24-19(26)17-5-3-8-28-17;1-2-3-13-8-18(27)25(10-13)12-26-17-5-4-15(20(21,22)23)9-16(17)24-19(26)14-6-7-28-11-14;1-2-4-13-9-18(27)25(11-13)12-26-16-7-6-14(20(21,22)23)10-15(16)24-19(26)17-5-3-8-28-17/h3,5-8,10,13H,2,4,9,11-12H2,1H3;4-7,9,11,13H,2-3,8,10,12H2,1H3;3,5-8,10,13H,2,4,9,11-12H2,1H3. The molecule has 3 atom stereocenters. The summed E-state index contributed by atoms with van der Waals surface area (Å²) in [6.45, 7) is 9.03. The molecule has 3 amide bonds. The number of furan rings is 2. The molecule has 3 fully saturated rings. The molecule has 24 heteroatoms. The SMILES string of the molecule is CCCC1CC(=O)N(Cn2c(-c3ccco3)nc3cc(C(F)(F)F)ccc32)C1.CCCC1CC(=O)N(Cn2c(-c3cccs3)nc3cc(C(F)(F)F)ccc32)C1.CCCC1CC(=O)N(Cn2c(-c3ccoc3)nc3cc(C(F)(F)F)ccc32)C1. The molecule has 0 radical (unpaired) electrons. The van der Waals surface area contributed by atoms with Gasteiger partial charge in [-0.25, -0.2) is 15.0 Å². The van der Waals surface area contributed by atoms with Gasteiger partial charge in [-0.05, 0) is 121 Å². The number of amides is 3. The van der Waals surface area contributed by atoms with Gasteiger partial charge >= 0.3 is 18.5 Å². The molecule has 12 rings (SSSR count). The predicted octanol–water partition coefficient (Wildman–Crippen LogP) is 15.2. The molecule has 3 aliphatic heterocycles. The Labute approximate surface area is 480 Å². The zero-order chi connectivity index (χ0) is 59.7. The predicted molar refractivity (Wildman–Crippen MR) is 297 cm³/mol. The molecule has 0 N–H and O–H groups in total. The molecule has 3 saturated heterocycles. The summed E-state index contributed by atoms with van der Waals surface area (Å²) in [6.07, 6.45) is -1.26. The van der Waals surface area contributed by atoms with E-state index < -0.39 is 35.2 Å². The van der Waals surface area contributed by atoms with Crippen LogP contribution in [0.5, 0.6) is 0 Å². The third kappa shape index (κ3) is 12.9. The van der Waals surface area contributed by atoms with Gasteiger partial charge in [0.15, 0.2) is 17.4 Å². The van der Waals surface area contributed by atoms with Crippen LogP contribution >= 0.6 is 11.3 Å². The molecule has 0 spiro atoms. The van der Waals surface area contributed by atoms with Crippen LogP contribution in [0.1, 0.15) is 95.2 Å². The van der Waals surface area contributed by atoms with Gasteiger partial charge in [-0.2, -0.15) is 39.5 Å². The van der Waals surface area contributed by atoms with E-state index in [2.05, 4.69) is 35.7 Å². The summed E-state index contributed by atoms with van der Waals surface area (Å²) in [4.78, 5) is 56.7. The highest BCUT2D eigenvalue weighted by Crippen LogP contribution is 2.38. The summed E-state index contributed by atoms with van der Waals surface area (Å²) in [7, 11) is 0. The summed E-state index contributed by atoms with van der Waals surface area (Å²) < 4.78 is 134. The van der Waals surface area contributed by atoms with E-state index in [0.717, 1.165) is 79.8 Å². The number of alkyl halides is 9. The van der Waals surface area contributed by atoms with Crippen LogP contribution in [-0.4, -0.2) is 80.7 Å². The molecule has 3 aliphatic rings. The average Bonchev–Trinajstić information content (AvgIpc) is 3.79.